The third-order valence-electron chi connectivity index (χ3n) is 4.50. The molecule has 4 heteroatoms. The molecule has 0 saturated heterocycles. The number of fused-ring (bicyclic) bond motifs is 1. The quantitative estimate of drug-likeness (QED) is 0.723. The van der Waals surface area contributed by atoms with E-state index in [9.17, 15) is 9.90 Å². The van der Waals surface area contributed by atoms with E-state index in [0.29, 0.717) is 5.56 Å². The standard InChI is InChI=1S/C21H24N2O2/c1-3-6-15-9-11-16(12-10-15)21(25)22-13-20(24)18-14-23(2)19-8-5-4-7-17(18)19/h4-5,7-12,14,20,24H,3,6,13H2,1-2H3,(H,22,25). The molecule has 0 aliphatic heterocycles. The van der Waals surface area contributed by atoms with Crippen molar-refractivity contribution in [2.45, 2.75) is 25.9 Å². The maximum atomic E-state index is 12.3. The lowest BCUT2D eigenvalue weighted by atomic mass is 10.1. The van der Waals surface area contributed by atoms with Crippen LogP contribution in [0.2, 0.25) is 0 Å². The Labute approximate surface area is 148 Å². The summed E-state index contributed by atoms with van der Waals surface area (Å²) in [6.45, 7) is 2.32. The van der Waals surface area contributed by atoms with Crippen molar-refractivity contribution in [3.8, 4) is 0 Å². The van der Waals surface area contributed by atoms with Gasteiger partial charge in [0.15, 0.2) is 0 Å². The van der Waals surface area contributed by atoms with Crippen LogP contribution in [0.15, 0.2) is 54.7 Å². The SMILES string of the molecule is CCCc1ccc(C(=O)NCC(O)c2cn(C)c3ccccc23)cc1. The lowest BCUT2D eigenvalue weighted by molar-refractivity contribution is 0.0917. The average Bonchev–Trinajstić information content (AvgIpc) is 2.98. The Morgan fingerprint density at radius 2 is 1.88 bits per heavy atom. The third-order valence-corrected chi connectivity index (χ3v) is 4.50. The minimum atomic E-state index is -0.741. The molecule has 25 heavy (non-hydrogen) atoms. The number of benzene rings is 2. The first-order valence-electron chi connectivity index (χ1n) is 8.69. The summed E-state index contributed by atoms with van der Waals surface area (Å²) in [4.78, 5) is 12.3. The van der Waals surface area contributed by atoms with Gasteiger partial charge >= 0.3 is 0 Å². The van der Waals surface area contributed by atoms with Crippen molar-refractivity contribution in [2.24, 2.45) is 7.05 Å². The molecule has 1 unspecified atom stereocenters. The van der Waals surface area contributed by atoms with Gasteiger partial charge in [-0.25, -0.2) is 0 Å². The van der Waals surface area contributed by atoms with E-state index in [0.717, 1.165) is 29.3 Å². The zero-order valence-corrected chi connectivity index (χ0v) is 14.7. The number of nitrogens with one attached hydrogen (secondary N) is 1. The Hall–Kier alpha value is -2.59. The molecule has 3 rings (SSSR count). The first-order chi connectivity index (χ1) is 12.1. The fraction of sp³-hybridized carbons (Fsp3) is 0.286. The van der Waals surface area contributed by atoms with E-state index in [-0.39, 0.29) is 12.5 Å². The van der Waals surface area contributed by atoms with Gasteiger partial charge in [0.05, 0.1) is 6.10 Å². The largest absolute Gasteiger partial charge is 0.386 e. The molecule has 0 radical (unpaired) electrons. The molecule has 2 N–H and O–H groups in total. The van der Waals surface area contributed by atoms with Crippen molar-refractivity contribution in [2.75, 3.05) is 6.54 Å². The van der Waals surface area contributed by atoms with E-state index in [4.69, 9.17) is 0 Å². The molecule has 0 spiro atoms. The Morgan fingerprint density at radius 1 is 1.16 bits per heavy atom. The molecule has 2 aromatic carbocycles. The zero-order chi connectivity index (χ0) is 17.8. The number of hydrogen-bond acceptors (Lipinski definition) is 2. The van der Waals surface area contributed by atoms with Crippen LogP contribution in [0.5, 0.6) is 0 Å². The molecular weight excluding hydrogens is 312 g/mol. The van der Waals surface area contributed by atoms with E-state index in [1.807, 2.05) is 66.3 Å². The van der Waals surface area contributed by atoms with Crippen LogP contribution in [0.4, 0.5) is 0 Å². The Balaban J connectivity index is 1.67. The second kappa shape index (κ2) is 7.53. The molecule has 1 heterocycles. The van der Waals surface area contributed by atoms with Gasteiger partial charge in [-0.3, -0.25) is 4.79 Å². The van der Waals surface area contributed by atoms with Crippen molar-refractivity contribution in [1.29, 1.82) is 0 Å². The number of aliphatic hydroxyl groups excluding tert-OH is 1. The predicted octanol–water partition coefficient (Wildman–Crippen LogP) is 3.59. The second-order valence-corrected chi connectivity index (χ2v) is 6.39. The zero-order valence-electron chi connectivity index (χ0n) is 14.7. The number of amides is 1. The summed E-state index contributed by atoms with van der Waals surface area (Å²) in [5.74, 6) is -0.165. The summed E-state index contributed by atoms with van der Waals surface area (Å²) in [6.07, 6.45) is 3.28. The summed E-state index contributed by atoms with van der Waals surface area (Å²) < 4.78 is 1.99. The van der Waals surface area contributed by atoms with Crippen molar-refractivity contribution in [3.05, 3.63) is 71.4 Å². The van der Waals surface area contributed by atoms with Gasteiger partial charge < -0.3 is 15.0 Å². The van der Waals surface area contributed by atoms with E-state index in [2.05, 4.69) is 12.2 Å². The Bertz CT molecular complexity index is 865. The van der Waals surface area contributed by atoms with Gasteiger partial charge in [-0.05, 0) is 30.2 Å². The van der Waals surface area contributed by atoms with Crippen molar-refractivity contribution in [3.63, 3.8) is 0 Å². The molecule has 0 fully saturated rings. The first kappa shape index (κ1) is 17.2. The van der Waals surface area contributed by atoms with Gasteiger partial charge in [0.2, 0.25) is 0 Å². The normalized spacial score (nSPS) is 12.3. The molecule has 3 aromatic rings. The van der Waals surface area contributed by atoms with Gasteiger partial charge in [0, 0.05) is 41.8 Å². The third kappa shape index (κ3) is 3.74. The van der Waals surface area contributed by atoms with Gasteiger partial charge in [-0.1, -0.05) is 43.7 Å². The van der Waals surface area contributed by atoms with Crippen LogP contribution in [0, 0.1) is 0 Å². The number of carbonyl (C=O) groups excluding carboxylic acids is 1. The highest BCUT2D eigenvalue weighted by molar-refractivity contribution is 5.94. The van der Waals surface area contributed by atoms with Crippen LogP contribution in [-0.4, -0.2) is 22.1 Å². The summed E-state index contributed by atoms with van der Waals surface area (Å²) in [5.41, 5.74) is 3.74. The summed E-state index contributed by atoms with van der Waals surface area (Å²) in [5, 5.41) is 14.3. The summed E-state index contributed by atoms with van der Waals surface area (Å²) >= 11 is 0. The highest BCUT2D eigenvalue weighted by atomic mass is 16.3. The first-order valence-corrected chi connectivity index (χ1v) is 8.69. The fourth-order valence-corrected chi connectivity index (χ4v) is 3.15. The minimum Gasteiger partial charge on any atom is -0.386 e. The highest BCUT2D eigenvalue weighted by Gasteiger charge is 2.16. The van der Waals surface area contributed by atoms with Gasteiger partial charge in [0.25, 0.3) is 5.91 Å². The maximum Gasteiger partial charge on any atom is 0.251 e. The van der Waals surface area contributed by atoms with Gasteiger partial charge in [-0.15, -0.1) is 0 Å². The smallest absolute Gasteiger partial charge is 0.251 e. The predicted molar refractivity (Wildman–Crippen MR) is 101 cm³/mol. The highest BCUT2D eigenvalue weighted by Crippen LogP contribution is 2.25. The van der Waals surface area contributed by atoms with E-state index < -0.39 is 6.10 Å². The number of hydrogen-bond donors (Lipinski definition) is 2. The number of rotatable bonds is 6. The molecule has 1 aromatic heterocycles. The number of nitrogens with zero attached hydrogens (tertiary/aromatic N) is 1. The Morgan fingerprint density at radius 3 is 2.60 bits per heavy atom. The molecular formula is C21H24N2O2. The van der Waals surface area contributed by atoms with Crippen LogP contribution in [0.1, 0.15) is 40.9 Å². The van der Waals surface area contributed by atoms with Gasteiger partial charge in [-0.2, -0.15) is 0 Å². The molecule has 0 aliphatic carbocycles. The van der Waals surface area contributed by atoms with Crippen molar-refractivity contribution in [1.82, 2.24) is 9.88 Å². The van der Waals surface area contributed by atoms with Crippen LogP contribution in [0.3, 0.4) is 0 Å². The number of aryl methyl sites for hydroxylation is 2. The van der Waals surface area contributed by atoms with Crippen LogP contribution < -0.4 is 5.32 Å². The average molecular weight is 336 g/mol. The lowest BCUT2D eigenvalue weighted by Crippen LogP contribution is -2.28. The van der Waals surface area contributed by atoms with Crippen LogP contribution >= 0.6 is 0 Å². The Kier molecular flexibility index (Phi) is 5.19. The fourth-order valence-electron chi connectivity index (χ4n) is 3.15. The van der Waals surface area contributed by atoms with Crippen molar-refractivity contribution >= 4 is 16.8 Å². The topological polar surface area (TPSA) is 54.3 Å². The van der Waals surface area contributed by atoms with Gasteiger partial charge in [0.1, 0.15) is 0 Å². The minimum absolute atomic E-state index is 0.165. The summed E-state index contributed by atoms with van der Waals surface area (Å²) in [7, 11) is 1.95. The molecule has 1 atom stereocenters. The van der Waals surface area contributed by atoms with E-state index in [1.165, 1.54) is 5.56 Å². The number of aliphatic hydroxyl groups is 1. The molecule has 4 nitrogen and oxygen atoms in total. The number of carbonyl (C=O) groups is 1. The number of para-hydroxylation sites is 1. The molecule has 0 bridgehead atoms. The van der Waals surface area contributed by atoms with E-state index in [1.54, 1.807) is 0 Å². The molecule has 0 aliphatic rings. The lowest BCUT2D eigenvalue weighted by Gasteiger charge is -2.12. The molecule has 130 valence electrons. The van der Waals surface area contributed by atoms with Crippen LogP contribution in [0.25, 0.3) is 10.9 Å². The molecule has 1 amide bonds. The van der Waals surface area contributed by atoms with Crippen molar-refractivity contribution < 1.29 is 9.90 Å². The molecule has 0 saturated carbocycles. The maximum absolute atomic E-state index is 12.3. The van der Waals surface area contributed by atoms with E-state index >= 15 is 0 Å². The monoisotopic (exact) mass is 336 g/mol. The number of aromatic nitrogens is 1. The van der Waals surface area contributed by atoms with Crippen LogP contribution in [-0.2, 0) is 13.5 Å². The summed E-state index contributed by atoms with van der Waals surface area (Å²) in [6, 6.07) is 15.6. The second-order valence-electron chi connectivity index (χ2n) is 6.39.